The molecule has 0 radical (unpaired) electrons. The second-order valence-corrected chi connectivity index (χ2v) is 14.1. The number of aliphatic hydroxyl groups is 1. The van der Waals surface area contributed by atoms with Crippen LogP contribution >= 0.6 is 0 Å². The molecule has 0 fully saturated rings. The monoisotopic (exact) mass is 460 g/mol. The molecule has 6 nitrogen and oxygen atoms in total. The lowest BCUT2D eigenvalue weighted by Gasteiger charge is -2.37. The highest BCUT2D eigenvalue weighted by atomic mass is 28.4. The van der Waals surface area contributed by atoms with E-state index in [1.54, 1.807) is 24.3 Å². The van der Waals surface area contributed by atoms with Crippen LogP contribution in [0.2, 0.25) is 18.1 Å². The van der Waals surface area contributed by atoms with Crippen LogP contribution in [0.1, 0.15) is 36.7 Å². The molecule has 2 rings (SSSR count). The first-order chi connectivity index (χ1) is 15.0. The minimum atomic E-state index is -2.01. The number of methoxy groups -OCH3 is 1. The Bertz CT molecular complexity index is 830. The minimum absolute atomic E-state index is 0.0396. The number of rotatable bonds is 11. The highest BCUT2D eigenvalue weighted by Crippen LogP contribution is 2.36. The molecule has 32 heavy (non-hydrogen) atoms. The van der Waals surface area contributed by atoms with E-state index < -0.39 is 26.5 Å². The standard InChI is InChI=1S/C25H36O6Si/c1-25(2,3)32(5,6)31-18-23(30-16-19-10-8-7-9-11-19)22(26)17-29-21-14-12-20(13-15-21)24(27)28-4/h7-15,22-23,26H,16-18H2,1-6H3/t22-,23+/m1/s1. The molecular formula is C25H36O6Si. The van der Waals surface area contributed by atoms with Gasteiger partial charge >= 0.3 is 5.97 Å². The van der Waals surface area contributed by atoms with E-state index in [0.29, 0.717) is 17.9 Å². The van der Waals surface area contributed by atoms with Crippen LogP contribution < -0.4 is 4.74 Å². The Balaban J connectivity index is 2.01. The molecule has 0 heterocycles. The van der Waals surface area contributed by atoms with E-state index in [0.717, 1.165) is 5.56 Å². The normalized spacial score (nSPS) is 14.0. The van der Waals surface area contributed by atoms with E-state index in [1.807, 2.05) is 30.3 Å². The molecule has 1 N–H and O–H groups in total. The number of benzene rings is 2. The molecule has 0 spiro atoms. The summed E-state index contributed by atoms with van der Waals surface area (Å²) in [5.41, 5.74) is 1.46. The summed E-state index contributed by atoms with van der Waals surface area (Å²) >= 11 is 0. The van der Waals surface area contributed by atoms with Gasteiger partial charge in [0.1, 0.15) is 24.6 Å². The van der Waals surface area contributed by atoms with Gasteiger partial charge in [-0.2, -0.15) is 0 Å². The van der Waals surface area contributed by atoms with Crippen LogP contribution in [0.4, 0.5) is 0 Å². The second-order valence-electron chi connectivity index (χ2n) is 9.30. The fraction of sp³-hybridized carbons (Fsp3) is 0.480. The average molecular weight is 461 g/mol. The molecule has 0 aliphatic rings. The Kier molecular flexibility index (Phi) is 9.45. The average Bonchev–Trinajstić information content (AvgIpc) is 2.77. The van der Waals surface area contributed by atoms with Crippen molar-refractivity contribution in [3.05, 3.63) is 65.7 Å². The first kappa shape index (κ1) is 26.1. The third-order valence-corrected chi connectivity index (χ3v) is 10.3. The SMILES string of the molecule is COC(=O)c1ccc(OC[C@@H](O)[C@H](CO[Si](C)(C)C(C)(C)C)OCc2ccccc2)cc1. The summed E-state index contributed by atoms with van der Waals surface area (Å²) in [5.74, 6) is 0.137. The van der Waals surface area contributed by atoms with Gasteiger partial charge in [0, 0.05) is 0 Å². The second kappa shape index (κ2) is 11.6. The summed E-state index contributed by atoms with van der Waals surface area (Å²) < 4.78 is 22.8. The van der Waals surface area contributed by atoms with Gasteiger partial charge in [-0.1, -0.05) is 51.1 Å². The van der Waals surface area contributed by atoms with Gasteiger partial charge in [-0.3, -0.25) is 0 Å². The molecule has 0 saturated heterocycles. The van der Waals surface area contributed by atoms with Gasteiger partial charge in [0.15, 0.2) is 8.32 Å². The van der Waals surface area contributed by atoms with Gasteiger partial charge in [0.2, 0.25) is 0 Å². The molecule has 7 heteroatoms. The van der Waals surface area contributed by atoms with Crippen molar-refractivity contribution in [3.63, 3.8) is 0 Å². The molecule has 0 bridgehead atoms. The number of aliphatic hydroxyl groups excluding tert-OH is 1. The number of hydrogen-bond donors (Lipinski definition) is 1. The summed E-state index contributed by atoms with van der Waals surface area (Å²) in [6, 6.07) is 16.4. The van der Waals surface area contributed by atoms with Gasteiger partial charge in [-0.25, -0.2) is 4.79 Å². The Labute approximate surface area is 192 Å². The van der Waals surface area contributed by atoms with Crippen LogP contribution in [0.15, 0.2) is 54.6 Å². The van der Waals surface area contributed by atoms with Crippen molar-refractivity contribution in [1.82, 2.24) is 0 Å². The molecule has 0 saturated carbocycles. The van der Waals surface area contributed by atoms with Crippen molar-refractivity contribution >= 4 is 14.3 Å². The van der Waals surface area contributed by atoms with Crippen molar-refractivity contribution in [1.29, 1.82) is 0 Å². The number of ether oxygens (including phenoxy) is 3. The highest BCUT2D eigenvalue weighted by molar-refractivity contribution is 6.74. The maximum atomic E-state index is 11.6. The fourth-order valence-corrected chi connectivity index (χ4v) is 3.66. The molecule has 0 amide bonds. The fourth-order valence-electron chi connectivity index (χ4n) is 2.65. The zero-order valence-corrected chi connectivity index (χ0v) is 21.0. The molecular weight excluding hydrogens is 424 g/mol. The van der Waals surface area contributed by atoms with Gasteiger partial charge in [0.05, 0.1) is 25.9 Å². The minimum Gasteiger partial charge on any atom is -0.491 e. The van der Waals surface area contributed by atoms with Crippen molar-refractivity contribution in [2.75, 3.05) is 20.3 Å². The van der Waals surface area contributed by atoms with E-state index in [9.17, 15) is 9.90 Å². The van der Waals surface area contributed by atoms with Crippen molar-refractivity contribution in [2.45, 2.75) is 57.7 Å². The van der Waals surface area contributed by atoms with Crippen LogP contribution in [-0.4, -0.2) is 51.9 Å². The van der Waals surface area contributed by atoms with Crippen molar-refractivity contribution < 1.29 is 28.5 Å². The predicted octanol–water partition coefficient (Wildman–Crippen LogP) is 4.82. The maximum Gasteiger partial charge on any atom is 0.337 e. The number of hydrogen-bond acceptors (Lipinski definition) is 6. The van der Waals surface area contributed by atoms with Gasteiger partial charge in [-0.15, -0.1) is 0 Å². The molecule has 2 aromatic carbocycles. The Morgan fingerprint density at radius 2 is 1.62 bits per heavy atom. The molecule has 2 aromatic rings. The smallest absolute Gasteiger partial charge is 0.337 e. The molecule has 0 unspecified atom stereocenters. The van der Waals surface area contributed by atoms with Gasteiger partial charge in [0.25, 0.3) is 0 Å². The largest absolute Gasteiger partial charge is 0.491 e. The summed E-state index contributed by atoms with van der Waals surface area (Å²) in [7, 11) is -0.667. The summed E-state index contributed by atoms with van der Waals surface area (Å²) in [5, 5.41) is 10.9. The molecule has 2 atom stereocenters. The predicted molar refractivity (Wildman–Crippen MR) is 127 cm³/mol. The lowest BCUT2D eigenvalue weighted by Crippen LogP contribution is -2.46. The van der Waals surface area contributed by atoms with Crippen molar-refractivity contribution in [2.24, 2.45) is 0 Å². The van der Waals surface area contributed by atoms with Gasteiger partial charge in [-0.05, 0) is 48.0 Å². The van der Waals surface area contributed by atoms with Crippen LogP contribution in [0, 0.1) is 0 Å². The Morgan fingerprint density at radius 3 is 2.19 bits per heavy atom. The van der Waals surface area contributed by atoms with E-state index in [1.165, 1.54) is 7.11 Å². The summed E-state index contributed by atoms with van der Waals surface area (Å²) in [6.45, 7) is 11.6. The molecule has 0 aromatic heterocycles. The number of esters is 1. The lowest BCUT2D eigenvalue weighted by atomic mass is 10.2. The zero-order valence-electron chi connectivity index (χ0n) is 20.0. The van der Waals surface area contributed by atoms with Crippen LogP contribution in [-0.2, 0) is 20.5 Å². The third-order valence-electron chi connectivity index (χ3n) is 5.85. The van der Waals surface area contributed by atoms with E-state index >= 15 is 0 Å². The quantitative estimate of drug-likeness (QED) is 0.383. The van der Waals surface area contributed by atoms with Crippen LogP contribution in [0.3, 0.4) is 0 Å². The Hall–Kier alpha value is -2.19. The maximum absolute atomic E-state index is 11.6. The van der Waals surface area contributed by atoms with E-state index in [4.69, 9.17) is 18.6 Å². The van der Waals surface area contributed by atoms with Crippen LogP contribution in [0.5, 0.6) is 5.75 Å². The summed E-state index contributed by atoms with van der Waals surface area (Å²) in [4.78, 5) is 11.6. The third kappa shape index (κ3) is 7.74. The van der Waals surface area contributed by atoms with E-state index in [2.05, 4.69) is 33.9 Å². The van der Waals surface area contributed by atoms with Crippen molar-refractivity contribution in [3.8, 4) is 5.75 Å². The molecule has 176 valence electrons. The van der Waals surface area contributed by atoms with Crippen LogP contribution in [0.25, 0.3) is 0 Å². The first-order valence-electron chi connectivity index (χ1n) is 10.8. The molecule has 0 aliphatic heterocycles. The number of carbonyl (C=O) groups excluding carboxylic acids is 1. The Morgan fingerprint density at radius 1 is 1.00 bits per heavy atom. The zero-order chi connectivity index (χ0) is 23.8. The number of carbonyl (C=O) groups is 1. The topological polar surface area (TPSA) is 74.2 Å². The van der Waals surface area contributed by atoms with E-state index in [-0.39, 0.29) is 18.3 Å². The van der Waals surface area contributed by atoms with Gasteiger partial charge < -0.3 is 23.7 Å². The lowest BCUT2D eigenvalue weighted by molar-refractivity contribution is -0.0804. The highest BCUT2D eigenvalue weighted by Gasteiger charge is 2.38. The molecule has 0 aliphatic carbocycles. The summed E-state index contributed by atoms with van der Waals surface area (Å²) in [6.07, 6.45) is -1.43. The first-order valence-corrected chi connectivity index (χ1v) is 13.7.